The zero-order valence-corrected chi connectivity index (χ0v) is 20.4. The number of nitro benzene ring substituents is 1. The third-order valence-corrected chi connectivity index (χ3v) is 5.85. The highest BCUT2D eigenvalue weighted by Gasteiger charge is 2.35. The lowest BCUT2D eigenvalue weighted by atomic mass is 10.1. The van der Waals surface area contributed by atoms with Gasteiger partial charge in [-0.1, -0.05) is 64.6 Å². The number of hydrogen-bond acceptors (Lipinski definition) is 5. The van der Waals surface area contributed by atoms with Crippen LogP contribution >= 0.6 is 46.4 Å². The molecule has 0 saturated heterocycles. The molecule has 35 heavy (non-hydrogen) atoms. The summed E-state index contributed by atoms with van der Waals surface area (Å²) in [5.41, 5.74) is 0.435. The molecule has 12 heteroatoms. The fourth-order valence-electron chi connectivity index (χ4n) is 3.19. The standard InChI is InChI=1S/C23H12Cl4N4O4/c24-14-6-4-12(5-7-14)8-17-21(28-22(32)13-2-1-3-16(9-13)31(34)35)29-30(23(17)33)20-18(26)10-15(25)11-19(20)27/h1-11H,(H,28,29,32)/b17-8-. The van der Waals surface area contributed by atoms with Crippen molar-refractivity contribution < 1.29 is 14.5 Å². The highest BCUT2D eigenvalue weighted by atomic mass is 35.5. The number of nitrogens with one attached hydrogen (secondary N) is 1. The number of rotatable bonds is 4. The second-order valence-corrected chi connectivity index (χ2v) is 8.84. The largest absolute Gasteiger partial charge is 0.304 e. The molecule has 176 valence electrons. The lowest BCUT2D eigenvalue weighted by molar-refractivity contribution is -0.384. The molecular formula is C23H12Cl4N4O4. The van der Waals surface area contributed by atoms with Gasteiger partial charge in [-0.15, -0.1) is 5.10 Å². The summed E-state index contributed by atoms with van der Waals surface area (Å²) in [6, 6.07) is 14.6. The number of amides is 2. The summed E-state index contributed by atoms with van der Waals surface area (Å²) in [6.07, 6.45) is 1.50. The minimum Gasteiger partial charge on any atom is -0.304 e. The van der Waals surface area contributed by atoms with E-state index in [-0.39, 0.29) is 43.4 Å². The van der Waals surface area contributed by atoms with Gasteiger partial charge in [0.1, 0.15) is 5.69 Å². The van der Waals surface area contributed by atoms with Gasteiger partial charge in [0.05, 0.1) is 20.5 Å². The van der Waals surface area contributed by atoms with Gasteiger partial charge in [-0.2, -0.15) is 5.01 Å². The maximum atomic E-state index is 13.4. The molecule has 4 rings (SSSR count). The van der Waals surface area contributed by atoms with Crippen molar-refractivity contribution in [3.8, 4) is 0 Å². The molecule has 0 radical (unpaired) electrons. The second kappa shape index (κ2) is 10.1. The molecule has 0 unspecified atom stereocenters. The van der Waals surface area contributed by atoms with E-state index >= 15 is 0 Å². The zero-order valence-electron chi connectivity index (χ0n) is 17.3. The van der Waals surface area contributed by atoms with Crippen molar-refractivity contribution in [2.45, 2.75) is 0 Å². The molecule has 1 aliphatic heterocycles. The van der Waals surface area contributed by atoms with E-state index in [0.717, 1.165) is 11.1 Å². The predicted octanol–water partition coefficient (Wildman–Crippen LogP) is 6.38. The van der Waals surface area contributed by atoms with E-state index < -0.39 is 16.7 Å². The number of non-ortho nitro benzene ring substituents is 1. The average molecular weight is 550 g/mol. The number of amidine groups is 1. The number of carbonyl (C=O) groups is 2. The van der Waals surface area contributed by atoms with Crippen LogP contribution in [0.25, 0.3) is 6.08 Å². The van der Waals surface area contributed by atoms with E-state index in [2.05, 4.69) is 10.4 Å². The Labute approximate surface area is 218 Å². The molecule has 1 heterocycles. The third-order valence-electron chi connectivity index (χ3n) is 4.80. The van der Waals surface area contributed by atoms with Crippen molar-refractivity contribution in [2.24, 2.45) is 5.10 Å². The third kappa shape index (κ3) is 5.31. The molecular weight excluding hydrogens is 538 g/mol. The van der Waals surface area contributed by atoms with Gasteiger partial charge in [0, 0.05) is 27.7 Å². The molecule has 0 aliphatic carbocycles. The van der Waals surface area contributed by atoms with Crippen LogP contribution < -0.4 is 10.3 Å². The molecule has 3 aromatic rings. The summed E-state index contributed by atoms with van der Waals surface area (Å²) in [5, 5.41) is 19.7. The minimum atomic E-state index is -0.711. The van der Waals surface area contributed by atoms with Gasteiger partial charge in [0.25, 0.3) is 17.5 Å². The molecule has 0 aromatic heterocycles. The van der Waals surface area contributed by atoms with Crippen LogP contribution in [0.4, 0.5) is 11.4 Å². The zero-order chi connectivity index (χ0) is 25.3. The van der Waals surface area contributed by atoms with Gasteiger partial charge in [-0.3, -0.25) is 19.7 Å². The van der Waals surface area contributed by atoms with E-state index in [4.69, 9.17) is 46.4 Å². The Morgan fingerprint density at radius 3 is 2.26 bits per heavy atom. The first-order valence-electron chi connectivity index (χ1n) is 9.75. The average Bonchev–Trinajstić information content (AvgIpc) is 3.09. The first-order valence-corrected chi connectivity index (χ1v) is 11.3. The maximum absolute atomic E-state index is 13.4. The van der Waals surface area contributed by atoms with Crippen LogP contribution in [0.2, 0.25) is 20.1 Å². The van der Waals surface area contributed by atoms with Gasteiger partial charge in [0.15, 0.2) is 5.84 Å². The van der Waals surface area contributed by atoms with E-state index in [1.54, 1.807) is 24.3 Å². The topological polar surface area (TPSA) is 105 Å². The van der Waals surface area contributed by atoms with Crippen molar-refractivity contribution in [1.29, 1.82) is 0 Å². The summed E-state index contributed by atoms with van der Waals surface area (Å²) in [6.45, 7) is 0. The van der Waals surface area contributed by atoms with Crippen LogP contribution in [0.1, 0.15) is 15.9 Å². The van der Waals surface area contributed by atoms with Gasteiger partial charge in [-0.25, -0.2) is 0 Å². The summed E-state index contributed by atoms with van der Waals surface area (Å²) in [4.78, 5) is 36.7. The number of carbonyl (C=O) groups excluding carboxylic acids is 2. The Morgan fingerprint density at radius 2 is 1.63 bits per heavy atom. The van der Waals surface area contributed by atoms with Crippen LogP contribution in [0.5, 0.6) is 0 Å². The van der Waals surface area contributed by atoms with Crippen molar-refractivity contribution in [2.75, 3.05) is 5.01 Å². The quantitative estimate of drug-likeness (QED) is 0.231. The number of anilines is 1. The highest BCUT2D eigenvalue weighted by molar-refractivity contribution is 6.44. The Balaban J connectivity index is 1.77. The van der Waals surface area contributed by atoms with Crippen molar-refractivity contribution in [1.82, 2.24) is 5.32 Å². The number of nitrogens with zero attached hydrogens (tertiary/aromatic N) is 3. The second-order valence-electron chi connectivity index (χ2n) is 7.15. The van der Waals surface area contributed by atoms with E-state index in [1.165, 1.54) is 36.4 Å². The monoisotopic (exact) mass is 548 g/mol. The molecule has 8 nitrogen and oxygen atoms in total. The summed E-state index contributed by atoms with van der Waals surface area (Å²) in [5.74, 6) is -1.44. The molecule has 2 amide bonds. The maximum Gasteiger partial charge on any atom is 0.282 e. The van der Waals surface area contributed by atoms with E-state index in [9.17, 15) is 19.7 Å². The van der Waals surface area contributed by atoms with Crippen LogP contribution in [-0.4, -0.2) is 22.6 Å². The molecule has 0 spiro atoms. The van der Waals surface area contributed by atoms with Gasteiger partial charge < -0.3 is 5.32 Å². The van der Waals surface area contributed by atoms with Crippen molar-refractivity contribution in [3.63, 3.8) is 0 Å². The Bertz CT molecular complexity index is 1410. The lowest BCUT2D eigenvalue weighted by Crippen LogP contribution is -2.31. The van der Waals surface area contributed by atoms with Crippen molar-refractivity contribution in [3.05, 3.63) is 108 Å². The molecule has 0 bridgehead atoms. The first-order chi connectivity index (χ1) is 16.6. The Morgan fingerprint density at radius 1 is 0.971 bits per heavy atom. The summed E-state index contributed by atoms with van der Waals surface area (Å²) < 4.78 is 0. The van der Waals surface area contributed by atoms with Crippen molar-refractivity contribution >= 4 is 81.5 Å². The van der Waals surface area contributed by atoms with E-state index in [1.807, 2.05) is 0 Å². The molecule has 0 saturated carbocycles. The minimum absolute atomic E-state index is 0.00111. The van der Waals surface area contributed by atoms with Gasteiger partial charge in [0.2, 0.25) is 0 Å². The summed E-state index contributed by atoms with van der Waals surface area (Å²) in [7, 11) is 0. The lowest BCUT2D eigenvalue weighted by Gasteiger charge is -2.15. The number of nitro groups is 1. The fraction of sp³-hybridized carbons (Fsp3) is 0. The molecule has 1 aliphatic rings. The van der Waals surface area contributed by atoms with E-state index in [0.29, 0.717) is 10.6 Å². The Kier molecular flexibility index (Phi) is 7.09. The highest BCUT2D eigenvalue weighted by Crippen LogP contribution is 2.39. The van der Waals surface area contributed by atoms with Crippen LogP contribution in [0.3, 0.4) is 0 Å². The van der Waals surface area contributed by atoms with Crippen LogP contribution in [0.15, 0.2) is 71.3 Å². The Hall–Kier alpha value is -3.43. The van der Waals surface area contributed by atoms with Gasteiger partial charge in [-0.05, 0) is 42.0 Å². The number of hydrogen-bond donors (Lipinski definition) is 1. The first kappa shape index (κ1) is 24.7. The van der Waals surface area contributed by atoms with Crippen LogP contribution in [-0.2, 0) is 4.79 Å². The molecule has 3 aromatic carbocycles. The summed E-state index contributed by atoms with van der Waals surface area (Å²) >= 11 is 24.5. The molecule has 0 atom stereocenters. The number of hydrazone groups is 1. The normalized spacial score (nSPS) is 14.3. The number of benzene rings is 3. The fourth-order valence-corrected chi connectivity index (χ4v) is 4.29. The van der Waals surface area contributed by atoms with Crippen LogP contribution in [0, 0.1) is 10.1 Å². The smallest absolute Gasteiger partial charge is 0.282 e. The number of halogens is 4. The molecule has 0 fully saturated rings. The van der Waals surface area contributed by atoms with Gasteiger partial charge >= 0.3 is 0 Å². The molecule has 1 N–H and O–H groups in total. The SMILES string of the molecule is O=C(NC1=NN(c2c(Cl)cc(Cl)cc2Cl)C(=O)/C1=C\c1ccc(Cl)cc1)c1cccc([N+](=O)[O-])c1. The predicted molar refractivity (Wildman–Crippen MR) is 136 cm³/mol.